The maximum absolute atomic E-state index is 5.45. The molecular formula is C17H24N2O+2. The molecule has 1 aliphatic heterocycles. The average Bonchev–Trinajstić information content (AvgIpc) is 2.96. The molecule has 0 atom stereocenters. The van der Waals surface area contributed by atoms with E-state index in [1.54, 1.807) is 16.1 Å². The molecule has 1 aromatic carbocycles. The molecular weight excluding hydrogens is 248 g/mol. The predicted molar refractivity (Wildman–Crippen MR) is 78.7 cm³/mol. The highest BCUT2D eigenvalue weighted by atomic mass is 16.3. The molecule has 0 saturated carbocycles. The van der Waals surface area contributed by atoms with E-state index in [9.17, 15) is 0 Å². The van der Waals surface area contributed by atoms with E-state index in [-0.39, 0.29) is 0 Å². The molecule has 0 amide bonds. The summed E-state index contributed by atoms with van der Waals surface area (Å²) in [5, 5.41) is 0. The minimum Gasteiger partial charge on any atom is -0.463 e. The van der Waals surface area contributed by atoms with Crippen molar-refractivity contribution in [1.82, 2.24) is 0 Å². The lowest BCUT2D eigenvalue weighted by atomic mass is 10.1. The Hall–Kier alpha value is -1.58. The van der Waals surface area contributed by atoms with Gasteiger partial charge in [0.15, 0.2) is 5.76 Å². The van der Waals surface area contributed by atoms with Crippen molar-refractivity contribution in [3.63, 3.8) is 0 Å². The Morgan fingerprint density at radius 2 is 1.60 bits per heavy atom. The summed E-state index contributed by atoms with van der Waals surface area (Å²) < 4.78 is 5.45. The van der Waals surface area contributed by atoms with Crippen LogP contribution >= 0.6 is 0 Å². The molecule has 0 radical (unpaired) electrons. The van der Waals surface area contributed by atoms with E-state index in [0.717, 1.165) is 12.3 Å². The minimum absolute atomic E-state index is 1.03. The van der Waals surface area contributed by atoms with Gasteiger partial charge in [-0.25, -0.2) is 0 Å². The van der Waals surface area contributed by atoms with Gasteiger partial charge in [0.25, 0.3) is 0 Å². The van der Waals surface area contributed by atoms with Gasteiger partial charge in [0.1, 0.15) is 39.3 Å². The van der Waals surface area contributed by atoms with Gasteiger partial charge < -0.3 is 14.2 Å². The Morgan fingerprint density at radius 1 is 0.900 bits per heavy atom. The van der Waals surface area contributed by atoms with Gasteiger partial charge in [-0.05, 0) is 24.6 Å². The zero-order chi connectivity index (χ0) is 13.8. The number of quaternary nitrogens is 2. The van der Waals surface area contributed by atoms with Gasteiger partial charge in [-0.15, -0.1) is 0 Å². The summed E-state index contributed by atoms with van der Waals surface area (Å²) in [6.45, 7) is 9.40. The quantitative estimate of drug-likeness (QED) is 0.808. The van der Waals surface area contributed by atoms with Crippen molar-refractivity contribution >= 4 is 0 Å². The van der Waals surface area contributed by atoms with E-state index in [2.05, 4.69) is 37.3 Å². The summed E-state index contributed by atoms with van der Waals surface area (Å²) in [4.78, 5) is 3.36. The number of nitrogens with one attached hydrogen (secondary N) is 2. The Labute approximate surface area is 120 Å². The zero-order valence-electron chi connectivity index (χ0n) is 12.2. The van der Waals surface area contributed by atoms with Crippen LogP contribution in [0.4, 0.5) is 0 Å². The minimum atomic E-state index is 1.03. The van der Waals surface area contributed by atoms with Crippen LogP contribution in [0.3, 0.4) is 0 Å². The molecule has 1 aromatic heterocycles. The molecule has 20 heavy (non-hydrogen) atoms. The second-order valence-electron chi connectivity index (χ2n) is 5.86. The Kier molecular flexibility index (Phi) is 4.19. The Bertz CT molecular complexity index is 528. The smallest absolute Gasteiger partial charge is 0.157 e. The van der Waals surface area contributed by atoms with Crippen LogP contribution in [0, 0.1) is 6.92 Å². The summed E-state index contributed by atoms with van der Waals surface area (Å²) in [5.41, 5.74) is 2.92. The summed E-state index contributed by atoms with van der Waals surface area (Å²) in [7, 11) is 0. The predicted octanol–water partition coefficient (Wildman–Crippen LogP) is 0.0716. The molecule has 1 aliphatic rings. The fourth-order valence-electron chi connectivity index (χ4n) is 3.05. The second-order valence-corrected chi connectivity index (χ2v) is 5.86. The zero-order valence-corrected chi connectivity index (χ0v) is 12.2. The standard InChI is InChI=1S/C17H22N2O/c1-15-5-2-3-6-16(15)13-18-8-10-19(11-9-18)14-17-7-4-12-20-17/h2-7,12H,8-11,13-14H2,1H3/p+2. The van der Waals surface area contributed by atoms with Crippen LogP contribution in [0.5, 0.6) is 0 Å². The molecule has 1 fully saturated rings. The first-order valence-corrected chi connectivity index (χ1v) is 7.55. The lowest BCUT2D eigenvalue weighted by Crippen LogP contribution is -3.27. The van der Waals surface area contributed by atoms with Gasteiger partial charge in [0.2, 0.25) is 0 Å². The molecule has 2 heterocycles. The van der Waals surface area contributed by atoms with Gasteiger partial charge >= 0.3 is 0 Å². The maximum atomic E-state index is 5.45. The van der Waals surface area contributed by atoms with Crippen molar-refractivity contribution in [1.29, 1.82) is 0 Å². The monoisotopic (exact) mass is 272 g/mol. The summed E-state index contributed by atoms with van der Waals surface area (Å²) in [5.74, 6) is 1.11. The van der Waals surface area contributed by atoms with Crippen LogP contribution < -0.4 is 9.80 Å². The van der Waals surface area contributed by atoms with Gasteiger partial charge in [-0.2, -0.15) is 0 Å². The third kappa shape index (κ3) is 3.30. The summed E-state index contributed by atoms with van der Waals surface area (Å²) in [6.07, 6.45) is 1.77. The number of rotatable bonds is 4. The molecule has 2 N–H and O–H groups in total. The fourth-order valence-corrected chi connectivity index (χ4v) is 3.05. The van der Waals surface area contributed by atoms with Gasteiger partial charge in [-0.3, -0.25) is 0 Å². The number of benzene rings is 1. The van der Waals surface area contributed by atoms with E-state index in [4.69, 9.17) is 4.42 Å². The molecule has 1 saturated heterocycles. The van der Waals surface area contributed by atoms with E-state index in [1.807, 2.05) is 6.07 Å². The fraction of sp³-hybridized carbons (Fsp3) is 0.412. The first-order chi connectivity index (χ1) is 9.81. The van der Waals surface area contributed by atoms with Crippen LogP contribution in [0.25, 0.3) is 0 Å². The van der Waals surface area contributed by atoms with Gasteiger partial charge in [0, 0.05) is 5.56 Å². The molecule has 3 rings (SSSR count). The average molecular weight is 272 g/mol. The molecule has 2 aromatic rings. The Balaban J connectivity index is 1.50. The number of piperazine rings is 1. The number of furan rings is 1. The number of hydrogen-bond donors (Lipinski definition) is 2. The highest BCUT2D eigenvalue weighted by Crippen LogP contribution is 2.04. The molecule has 3 heteroatoms. The van der Waals surface area contributed by atoms with Gasteiger partial charge in [0.05, 0.1) is 6.26 Å². The maximum Gasteiger partial charge on any atom is 0.157 e. The molecule has 0 spiro atoms. The van der Waals surface area contributed by atoms with Crippen LogP contribution in [-0.2, 0) is 13.1 Å². The molecule has 0 unspecified atom stereocenters. The van der Waals surface area contributed by atoms with Crippen molar-refractivity contribution in [3.05, 3.63) is 59.5 Å². The lowest BCUT2D eigenvalue weighted by molar-refractivity contribution is -1.02. The summed E-state index contributed by atoms with van der Waals surface area (Å²) >= 11 is 0. The highest BCUT2D eigenvalue weighted by molar-refractivity contribution is 5.24. The van der Waals surface area contributed by atoms with Crippen LogP contribution in [0.2, 0.25) is 0 Å². The van der Waals surface area contributed by atoms with Crippen molar-refractivity contribution in [2.45, 2.75) is 20.0 Å². The summed E-state index contributed by atoms with van der Waals surface area (Å²) in [6, 6.07) is 12.8. The lowest BCUT2D eigenvalue weighted by Gasteiger charge is -2.29. The third-order valence-electron chi connectivity index (χ3n) is 4.37. The Morgan fingerprint density at radius 3 is 2.25 bits per heavy atom. The van der Waals surface area contributed by atoms with Crippen molar-refractivity contribution in [2.75, 3.05) is 26.2 Å². The van der Waals surface area contributed by atoms with Crippen molar-refractivity contribution < 1.29 is 14.2 Å². The molecule has 3 nitrogen and oxygen atoms in total. The first kappa shape index (κ1) is 13.4. The molecule has 0 aliphatic carbocycles. The van der Waals surface area contributed by atoms with Crippen molar-refractivity contribution in [2.24, 2.45) is 0 Å². The van der Waals surface area contributed by atoms with E-state index >= 15 is 0 Å². The molecule has 0 bridgehead atoms. The van der Waals surface area contributed by atoms with Gasteiger partial charge in [-0.1, -0.05) is 24.3 Å². The largest absolute Gasteiger partial charge is 0.463 e. The molecule has 106 valence electrons. The van der Waals surface area contributed by atoms with E-state index in [0.29, 0.717) is 0 Å². The topological polar surface area (TPSA) is 22.0 Å². The van der Waals surface area contributed by atoms with Crippen molar-refractivity contribution in [3.8, 4) is 0 Å². The number of aryl methyl sites for hydroxylation is 1. The van der Waals surface area contributed by atoms with Crippen LogP contribution in [0.15, 0.2) is 47.1 Å². The van der Waals surface area contributed by atoms with E-state index < -0.39 is 0 Å². The SMILES string of the molecule is Cc1ccccc1C[NH+]1CC[NH+](Cc2ccco2)CC1. The number of hydrogen-bond acceptors (Lipinski definition) is 1. The van der Waals surface area contributed by atoms with Crippen LogP contribution in [-0.4, -0.2) is 26.2 Å². The first-order valence-electron chi connectivity index (χ1n) is 7.55. The van der Waals surface area contributed by atoms with Crippen LogP contribution in [0.1, 0.15) is 16.9 Å². The van der Waals surface area contributed by atoms with E-state index in [1.165, 1.54) is 43.9 Å². The third-order valence-corrected chi connectivity index (χ3v) is 4.37. The highest BCUT2D eigenvalue weighted by Gasteiger charge is 2.23. The normalized spacial score (nSPS) is 22.9. The second kappa shape index (κ2) is 6.25.